The van der Waals surface area contributed by atoms with Gasteiger partial charge in [0, 0.05) is 17.1 Å². The lowest BCUT2D eigenvalue weighted by atomic mass is 9.94. The predicted molar refractivity (Wildman–Crippen MR) is 143 cm³/mol. The van der Waals surface area contributed by atoms with Crippen molar-refractivity contribution in [3.05, 3.63) is 88.2 Å². The Morgan fingerprint density at radius 2 is 1.86 bits per heavy atom. The van der Waals surface area contributed by atoms with Crippen LogP contribution < -0.4 is 10.1 Å². The molecular weight excluding hydrogens is 497 g/mol. The van der Waals surface area contributed by atoms with E-state index in [0.29, 0.717) is 17.0 Å². The molecule has 0 radical (unpaired) electrons. The van der Waals surface area contributed by atoms with Gasteiger partial charge < -0.3 is 25.0 Å². The number of halogens is 2. The van der Waals surface area contributed by atoms with E-state index in [4.69, 9.17) is 21.1 Å². The van der Waals surface area contributed by atoms with Crippen molar-refractivity contribution >= 4 is 17.6 Å². The van der Waals surface area contributed by atoms with Crippen molar-refractivity contribution in [2.45, 2.75) is 44.9 Å². The summed E-state index contributed by atoms with van der Waals surface area (Å²) in [6.07, 6.45) is -0.691. The van der Waals surface area contributed by atoms with Crippen LogP contribution in [0.4, 0.5) is 4.39 Å². The molecule has 198 valence electrons. The number of hydrogen-bond acceptors (Lipinski definition) is 5. The molecule has 1 unspecified atom stereocenters. The fourth-order valence-corrected chi connectivity index (χ4v) is 4.31. The predicted octanol–water partition coefficient (Wildman–Crippen LogP) is 5.90. The van der Waals surface area contributed by atoms with Crippen molar-refractivity contribution in [2.24, 2.45) is 0 Å². The average molecular weight is 530 g/mol. The van der Waals surface area contributed by atoms with Gasteiger partial charge in [-0.15, -0.1) is 0 Å². The van der Waals surface area contributed by atoms with E-state index in [2.05, 4.69) is 5.32 Å². The Labute approximate surface area is 222 Å². The van der Waals surface area contributed by atoms with Crippen LogP contribution in [0, 0.1) is 5.82 Å². The van der Waals surface area contributed by atoms with Crippen LogP contribution in [0.1, 0.15) is 48.4 Å². The standard InChI is InChI=1S/C29H33ClFNO5/c1-18(23-7-5-6-8-24(23)19-10-12-25(28(34)35)27(13-19)36-4)37-17-22(33)16-32-29(2,3)15-20-9-11-21(30)14-26(20)31/h5-14,18,22,32-33H,15-17H2,1-4H3,(H,34,35)/t18?,22-/m0/s1. The van der Waals surface area contributed by atoms with Crippen molar-refractivity contribution < 1.29 is 28.9 Å². The summed E-state index contributed by atoms with van der Waals surface area (Å²) >= 11 is 5.84. The Hall–Kier alpha value is -2.97. The Balaban J connectivity index is 1.61. The third-order valence-corrected chi connectivity index (χ3v) is 6.38. The Kier molecular flexibility index (Phi) is 9.68. The fourth-order valence-electron chi connectivity index (χ4n) is 4.15. The summed E-state index contributed by atoms with van der Waals surface area (Å²) in [5.41, 5.74) is 2.74. The molecule has 6 nitrogen and oxygen atoms in total. The first-order valence-electron chi connectivity index (χ1n) is 12.0. The van der Waals surface area contributed by atoms with E-state index in [-0.39, 0.29) is 36.4 Å². The molecule has 3 rings (SSSR count). The maximum Gasteiger partial charge on any atom is 0.339 e. The Bertz CT molecular complexity index is 1230. The van der Waals surface area contributed by atoms with Gasteiger partial charge in [0.1, 0.15) is 17.1 Å². The molecule has 37 heavy (non-hydrogen) atoms. The van der Waals surface area contributed by atoms with Gasteiger partial charge >= 0.3 is 5.97 Å². The van der Waals surface area contributed by atoms with Gasteiger partial charge in [-0.05, 0) is 73.7 Å². The topological polar surface area (TPSA) is 88.0 Å². The van der Waals surface area contributed by atoms with Crippen LogP contribution in [0.2, 0.25) is 5.02 Å². The molecule has 3 aromatic rings. The molecule has 0 aliphatic rings. The number of aliphatic hydroxyl groups is 1. The number of methoxy groups -OCH3 is 1. The van der Waals surface area contributed by atoms with Gasteiger partial charge in [-0.25, -0.2) is 9.18 Å². The number of carboxylic acids is 1. The number of rotatable bonds is 12. The first-order chi connectivity index (χ1) is 17.5. The van der Waals surface area contributed by atoms with Crippen molar-refractivity contribution in [1.29, 1.82) is 0 Å². The molecule has 0 amide bonds. The van der Waals surface area contributed by atoms with E-state index in [9.17, 15) is 19.4 Å². The molecule has 0 spiro atoms. The molecule has 8 heteroatoms. The van der Waals surface area contributed by atoms with Gasteiger partial charge in [0.15, 0.2) is 0 Å². The van der Waals surface area contributed by atoms with Gasteiger partial charge in [-0.2, -0.15) is 0 Å². The lowest BCUT2D eigenvalue weighted by Crippen LogP contribution is -2.46. The SMILES string of the molecule is COc1cc(-c2ccccc2C(C)OC[C@@H](O)CNC(C)(C)Cc2ccc(Cl)cc2F)ccc1C(=O)O. The molecular formula is C29H33ClFNO5. The van der Waals surface area contributed by atoms with E-state index >= 15 is 0 Å². The smallest absolute Gasteiger partial charge is 0.339 e. The largest absolute Gasteiger partial charge is 0.496 e. The normalized spacial score (nSPS) is 13.3. The molecule has 0 bridgehead atoms. The highest BCUT2D eigenvalue weighted by Gasteiger charge is 2.22. The number of aromatic carboxylic acids is 1. The number of aliphatic hydroxyl groups excluding tert-OH is 1. The quantitative estimate of drug-likeness (QED) is 0.271. The van der Waals surface area contributed by atoms with Crippen molar-refractivity contribution in [2.75, 3.05) is 20.3 Å². The third-order valence-electron chi connectivity index (χ3n) is 6.14. The Morgan fingerprint density at radius 1 is 1.14 bits per heavy atom. The second-order valence-electron chi connectivity index (χ2n) is 9.61. The van der Waals surface area contributed by atoms with Crippen molar-refractivity contribution in [3.8, 4) is 16.9 Å². The maximum atomic E-state index is 14.2. The first kappa shape index (κ1) is 28.6. The van der Waals surface area contributed by atoms with Gasteiger partial charge in [0.2, 0.25) is 0 Å². The number of benzene rings is 3. The maximum absolute atomic E-state index is 14.2. The number of carboxylic acid groups (broad SMARTS) is 1. The zero-order valence-corrected chi connectivity index (χ0v) is 22.2. The summed E-state index contributed by atoms with van der Waals surface area (Å²) in [6, 6.07) is 17.2. The number of nitrogens with one attached hydrogen (secondary N) is 1. The number of β-amino-alcohol motifs (C(OH)–C–C–N with tert-alkyl or cyclic N) is 1. The van der Waals surface area contributed by atoms with Crippen LogP contribution >= 0.6 is 11.6 Å². The van der Waals surface area contributed by atoms with Gasteiger partial charge in [0.05, 0.1) is 25.9 Å². The highest BCUT2D eigenvalue weighted by Crippen LogP contribution is 2.33. The molecule has 0 fully saturated rings. The first-order valence-corrected chi connectivity index (χ1v) is 12.4. The molecule has 0 saturated carbocycles. The molecule has 0 aromatic heterocycles. The molecule has 0 heterocycles. The molecule has 2 atom stereocenters. The van der Waals surface area contributed by atoms with Gasteiger partial charge in [0.25, 0.3) is 0 Å². The lowest BCUT2D eigenvalue weighted by molar-refractivity contribution is -0.00398. The summed E-state index contributed by atoms with van der Waals surface area (Å²) in [4.78, 5) is 11.4. The monoisotopic (exact) mass is 529 g/mol. The van der Waals surface area contributed by atoms with Crippen LogP contribution in [-0.2, 0) is 11.2 Å². The number of hydrogen-bond donors (Lipinski definition) is 3. The lowest BCUT2D eigenvalue weighted by Gasteiger charge is -2.28. The summed E-state index contributed by atoms with van der Waals surface area (Å²) in [7, 11) is 1.44. The average Bonchev–Trinajstić information content (AvgIpc) is 2.87. The molecule has 3 N–H and O–H groups in total. The zero-order chi connectivity index (χ0) is 27.2. The van der Waals surface area contributed by atoms with Crippen LogP contribution in [0.25, 0.3) is 11.1 Å². The van der Waals surface area contributed by atoms with Crippen LogP contribution in [0.3, 0.4) is 0 Å². The fraction of sp³-hybridized carbons (Fsp3) is 0.345. The van der Waals surface area contributed by atoms with E-state index in [0.717, 1.165) is 16.7 Å². The highest BCUT2D eigenvalue weighted by atomic mass is 35.5. The summed E-state index contributed by atoms with van der Waals surface area (Å²) < 4.78 is 25.5. The minimum atomic E-state index is -1.06. The van der Waals surface area contributed by atoms with E-state index in [1.54, 1.807) is 24.3 Å². The van der Waals surface area contributed by atoms with E-state index < -0.39 is 17.6 Å². The third kappa shape index (κ3) is 7.76. The Morgan fingerprint density at radius 3 is 2.54 bits per heavy atom. The summed E-state index contributed by atoms with van der Waals surface area (Å²) in [5.74, 6) is -1.14. The second kappa shape index (κ2) is 12.5. The second-order valence-corrected chi connectivity index (χ2v) is 10.1. The molecule has 0 saturated heterocycles. The van der Waals surface area contributed by atoms with Crippen molar-refractivity contribution in [3.63, 3.8) is 0 Å². The number of carbonyl (C=O) groups is 1. The van der Waals surface area contributed by atoms with E-state index in [1.165, 1.54) is 19.2 Å². The summed E-state index contributed by atoms with van der Waals surface area (Å²) in [6.45, 7) is 6.14. The van der Waals surface area contributed by atoms with Crippen molar-refractivity contribution in [1.82, 2.24) is 5.32 Å². The molecule has 0 aliphatic heterocycles. The zero-order valence-electron chi connectivity index (χ0n) is 21.4. The molecule has 3 aromatic carbocycles. The van der Waals surface area contributed by atoms with E-state index in [1.807, 2.05) is 45.0 Å². The van der Waals surface area contributed by atoms with Crippen LogP contribution in [0.5, 0.6) is 5.75 Å². The summed E-state index contributed by atoms with van der Waals surface area (Å²) in [5, 5.41) is 23.6. The minimum Gasteiger partial charge on any atom is -0.496 e. The van der Waals surface area contributed by atoms with Crippen LogP contribution in [0.15, 0.2) is 60.7 Å². The van der Waals surface area contributed by atoms with Gasteiger partial charge in [-0.1, -0.05) is 48.0 Å². The van der Waals surface area contributed by atoms with Crippen LogP contribution in [-0.4, -0.2) is 48.1 Å². The van der Waals surface area contributed by atoms with Gasteiger partial charge in [-0.3, -0.25) is 0 Å². The minimum absolute atomic E-state index is 0.0883. The number of ether oxygens (including phenoxy) is 2. The highest BCUT2D eigenvalue weighted by molar-refractivity contribution is 6.30. The molecule has 0 aliphatic carbocycles.